The number of hydrogen-bond donors (Lipinski definition) is 1. The van der Waals surface area contributed by atoms with Crippen molar-refractivity contribution in [3.63, 3.8) is 0 Å². The minimum atomic E-state index is -0.292. The molecule has 22 heavy (non-hydrogen) atoms. The maximum Gasteiger partial charge on any atom is 0.293 e. The Hall–Kier alpha value is -1.79. The van der Waals surface area contributed by atoms with Crippen LogP contribution in [-0.4, -0.2) is 35.7 Å². The van der Waals surface area contributed by atoms with Crippen LogP contribution in [0.3, 0.4) is 0 Å². The first-order chi connectivity index (χ1) is 10.5. The molecular formula is C16H20N2O3S. The number of hydrogen-bond acceptors (Lipinski definition) is 5. The van der Waals surface area contributed by atoms with Gasteiger partial charge in [0, 0.05) is 18.7 Å². The fourth-order valence-electron chi connectivity index (χ4n) is 1.95. The summed E-state index contributed by atoms with van der Waals surface area (Å²) in [7, 11) is 0. The minimum Gasteiger partial charge on any atom is -0.493 e. The number of carbonyl (C=O) groups is 2. The van der Waals surface area contributed by atoms with Crippen molar-refractivity contribution in [2.45, 2.75) is 13.8 Å². The molecular weight excluding hydrogens is 300 g/mol. The molecule has 1 aliphatic heterocycles. The first-order valence-electron chi connectivity index (χ1n) is 7.20. The molecule has 1 fully saturated rings. The van der Waals surface area contributed by atoms with Crippen LogP contribution in [0.1, 0.15) is 19.4 Å². The zero-order chi connectivity index (χ0) is 16.1. The van der Waals surface area contributed by atoms with Crippen LogP contribution in [0.4, 0.5) is 4.79 Å². The Bertz CT molecular complexity index is 599. The van der Waals surface area contributed by atoms with Crippen molar-refractivity contribution < 1.29 is 14.3 Å². The highest BCUT2D eigenvalue weighted by Gasteiger charge is 2.34. The van der Waals surface area contributed by atoms with Crippen LogP contribution < -0.4 is 10.5 Å². The van der Waals surface area contributed by atoms with Gasteiger partial charge in [-0.05, 0) is 29.8 Å². The minimum absolute atomic E-state index is 0.244. The zero-order valence-electron chi connectivity index (χ0n) is 12.7. The second-order valence-corrected chi connectivity index (χ2v) is 6.36. The van der Waals surface area contributed by atoms with Gasteiger partial charge in [-0.15, -0.1) is 0 Å². The lowest BCUT2D eigenvalue weighted by Crippen LogP contribution is -2.33. The fraction of sp³-hybridized carbons (Fsp3) is 0.375. The largest absolute Gasteiger partial charge is 0.493 e. The molecule has 6 heteroatoms. The Balaban J connectivity index is 2.22. The average molecular weight is 320 g/mol. The van der Waals surface area contributed by atoms with Gasteiger partial charge in [0.1, 0.15) is 5.75 Å². The normalized spacial score (nSPS) is 16.9. The molecule has 0 spiro atoms. The highest BCUT2D eigenvalue weighted by atomic mass is 32.2. The predicted octanol–water partition coefficient (Wildman–Crippen LogP) is 2.72. The third-order valence-corrected chi connectivity index (χ3v) is 3.91. The van der Waals surface area contributed by atoms with E-state index in [1.165, 1.54) is 4.90 Å². The number of nitrogens with two attached hydrogens (primary N) is 1. The van der Waals surface area contributed by atoms with E-state index in [1.807, 2.05) is 24.3 Å². The van der Waals surface area contributed by atoms with Crippen LogP contribution in [0.25, 0.3) is 6.08 Å². The van der Waals surface area contributed by atoms with Gasteiger partial charge in [-0.1, -0.05) is 32.0 Å². The van der Waals surface area contributed by atoms with Crippen LogP contribution in [0.15, 0.2) is 29.2 Å². The Morgan fingerprint density at radius 1 is 1.32 bits per heavy atom. The van der Waals surface area contributed by atoms with Gasteiger partial charge in [0.15, 0.2) is 0 Å². The lowest BCUT2D eigenvalue weighted by Gasteiger charge is -2.11. The van der Waals surface area contributed by atoms with Crippen LogP contribution in [-0.2, 0) is 4.79 Å². The van der Waals surface area contributed by atoms with Gasteiger partial charge in [-0.25, -0.2) is 0 Å². The molecule has 5 nitrogen and oxygen atoms in total. The summed E-state index contributed by atoms with van der Waals surface area (Å²) in [5, 5.41) is -0.276. The zero-order valence-corrected chi connectivity index (χ0v) is 13.6. The molecule has 0 saturated carbocycles. The van der Waals surface area contributed by atoms with Crippen molar-refractivity contribution in [2.24, 2.45) is 11.7 Å². The summed E-state index contributed by atoms with van der Waals surface area (Å²) in [6, 6.07) is 7.48. The summed E-state index contributed by atoms with van der Waals surface area (Å²) >= 11 is 0.937. The van der Waals surface area contributed by atoms with Gasteiger partial charge in [-0.2, -0.15) is 0 Å². The second kappa shape index (κ2) is 7.47. The van der Waals surface area contributed by atoms with Crippen LogP contribution in [0.2, 0.25) is 0 Å². The van der Waals surface area contributed by atoms with E-state index in [0.29, 0.717) is 23.2 Å². The molecule has 2 amide bonds. The lowest BCUT2D eigenvalue weighted by atomic mass is 10.1. The molecule has 0 unspecified atom stereocenters. The number of carbonyl (C=O) groups excluding carboxylic acids is 2. The number of nitrogens with zero attached hydrogens (tertiary/aromatic N) is 1. The van der Waals surface area contributed by atoms with Crippen LogP contribution in [0, 0.1) is 5.92 Å². The molecule has 0 atom stereocenters. The molecule has 1 aromatic rings. The smallest absolute Gasteiger partial charge is 0.293 e. The van der Waals surface area contributed by atoms with Crippen molar-refractivity contribution in [3.8, 4) is 5.75 Å². The van der Waals surface area contributed by atoms with E-state index in [1.54, 1.807) is 6.08 Å². The lowest BCUT2D eigenvalue weighted by molar-refractivity contribution is -0.122. The average Bonchev–Trinajstić information content (AvgIpc) is 2.74. The summed E-state index contributed by atoms with van der Waals surface area (Å²) in [5.74, 6) is 0.825. The molecule has 0 bridgehead atoms. The maximum atomic E-state index is 12.2. The fourth-order valence-corrected chi connectivity index (χ4v) is 2.81. The molecule has 1 aromatic carbocycles. The predicted molar refractivity (Wildman–Crippen MR) is 88.5 cm³/mol. The third-order valence-electron chi connectivity index (χ3n) is 3.00. The second-order valence-electron chi connectivity index (χ2n) is 5.36. The van der Waals surface area contributed by atoms with Gasteiger partial charge in [0.05, 0.1) is 11.5 Å². The molecule has 2 N–H and O–H groups in total. The van der Waals surface area contributed by atoms with E-state index in [2.05, 4.69) is 13.8 Å². The van der Waals surface area contributed by atoms with E-state index in [9.17, 15) is 9.59 Å². The Labute approximate surface area is 134 Å². The van der Waals surface area contributed by atoms with E-state index >= 15 is 0 Å². The van der Waals surface area contributed by atoms with E-state index in [-0.39, 0.29) is 24.2 Å². The van der Waals surface area contributed by atoms with Crippen LogP contribution in [0.5, 0.6) is 5.75 Å². The van der Waals surface area contributed by atoms with Crippen molar-refractivity contribution in [1.82, 2.24) is 4.90 Å². The molecule has 1 heterocycles. The molecule has 0 radical (unpaired) electrons. The summed E-state index contributed by atoms with van der Waals surface area (Å²) in [6.07, 6.45) is 1.71. The van der Waals surface area contributed by atoms with Crippen molar-refractivity contribution in [1.29, 1.82) is 0 Å². The van der Waals surface area contributed by atoms with Crippen LogP contribution >= 0.6 is 11.8 Å². The molecule has 2 rings (SSSR count). The van der Waals surface area contributed by atoms with Gasteiger partial charge >= 0.3 is 0 Å². The van der Waals surface area contributed by atoms with Gasteiger partial charge in [0.2, 0.25) is 0 Å². The molecule has 0 aromatic heterocycles. The van der Waals surface area contributed by atoms with E-state index in [4.69, 9.17) is 10.5 Å². The van der Waals surface area contributed by atoms with Gasteiger partial charge in [-0.3, -0.25) is 14.5 Å². The Morgan fingerprint density at radius 2 is 2.05 bits per heavy atom. The topological polar surface area (TPSA) is 72.6 Å². The number of ether oxygens (including phenoxy) is 1. The van der Waals surface area contributed by atoms with Gasteiger partial charge < -0.3 is 10.5 Å². The number of thioether (sulfide) groups is 1. The summed E-state index contributed by atoms with van der Waals surface area (Å²) in [5.41, 5.74) is 6.22. The third kappa shape index (κ3) is 3.90. The monoisotopic (exact) mass is 320 g/mol. The molecule has 1 aliphatic rings. The van der Waals surface area contributed by atoms with Crippen molar-refractivity contribution in [3.05, 3.63) is 34.7 Å². The van der Waals surface area contributed by atoms with Crippen molar-refractivity contribution in [2.75, 3.05) is 19.7 Å². The number of benzene rings is 1. The number of imide groups is 1. The van der Waals surface area contributed by atoms with Gasteiger partial charge in [0.25, 0.3) is 11.1 Å². The standard InChI is InChI=1S/C16H20N2O3S/c1-11(2)10-21-13-6-4-3-5-12(13)9-14-15(19)18(8-7-17)16(20)22-14/h3-6,9,11H,7-8,10,17H2,1-2H3/b14-9+. The van der Waals surface area contributed by atoms with Crippen molar-refractivity contribution >= 4 is 29.0 Å². The Kier molecular flexibility index (Phi) is 5.63. The first kappa shape index (κ1) is 16.6. The summed E-state index contributed by atoms with van der Waals surface area (Å²) in [4.78, 5) is 25.6. The first-order valence-corrected chi connectivity index (χ1v) is 8.02. The van der Waals surface area contributed by atoms with E-state index in [0.717, 1.165) is 17.3 Å². The maximum absolute atomic E-state index is 12.2. The summed E-state index contributed by atoms with van der Waals surface area (Å²) in [6.45, 7) is 5.24. The molecule has 1 saturated heterocycles. The number of amides is 2. The Morgan fingerprint density at radius 3 is 2.73 bits per heavy atom. The quantitative estimate of drug-likeness (QED) is 0.816. The SMILES string of the molecule is CC(C)COc1ccccc1/C=C1/SC(=O)N(CCN)C1=O. The summed E-state index contributed by atoms with van der Waals surface area (Å²) < 4.78 is 5.76. The highest BCUT2D eigenvalue weighted by Crippen LogP contribution is 2.33. The number of para-hydroxylation sites is 1. The molecule has 118 valence electrons. The van der Waals surface area contributed by atoms with E-state index < -0.39 is 0 Å². The highest BCUT2D eigenvalue weighted by molar-refractivity contribution is 8.18. The molecule has 0 aliphatic carbocycles. The number of rotatable bonds is 6.